The zero-order valence-electron chi connectivity index (χ0n) is 9.90. The lowest BCUT2D eigenvalue weighted by molar-refractivity contribution is 0.173. The van der Waals surface area contributed by atoms with E-state index < -0.39 is 0 Å². The largest absolute Gasteiger partial charge is 0.333 e. The molecule has 16 heavy (non-hydrogen) atoms. The molecule has 2 rings (SSSR count). The molecule has 1 aromatic rings. The molecule has 0 saturated carbocycles. The van der Waals surface area contributed by atoms with Crippen molar-refractivity contribution in [2.75, 3.05) is 6.54 Å². The van der Waals surface area contributed by atoms with E-state index in [0.29, 0.717) is 13.1 Å². The van der Waals surface area contributed by atoms with Crippen LogP contribution in [-0.4, -0.2) is 37.8 Å². The number of hydrogen-bond acceptors (Lipinski definition) is 3. The average Bonchev–Trinajstić information content (AvgIpc) is 2.61. The van der Waals surface area contributed by atoms with Gasteiger partial charge in [-0.25, -0.2) is 4.79 Å². The molecule has 1 aliphatic rings. The Morgan fingerprint density at radius 1 is 1.44 bits per heavy atom. The van der Waals surface area contributed by atoms with E-state index in [1.165, 1.54) is 0 Å². The molecule has 0 spiro atoms. The molecule has 0 fully saturated rings. The van der Waals surface area contributed by atoms with E-state index in [2.05, 4.69) is 15.5 Å². The maximum atomic E-state index is 11.9. The lowest BCUT2D eigenvalue weighted by atomic mass is 10.1. The summed E-state index contributed by atoms with van der Waals surface area (Å²) in [7, 11) is 0. The molecular formula is C10H17N5O. The van der Waals surface area contributed by atoms with Crippen LogP contribution in [0.4, 0.5) is 4.79 Å². The van der Waals surface area contributed by atoms with Crippen molar-refractivity contribution in [3.63, 3.8) is 0 Å². The molecule has 0 bridgehead atoms. The first-order valence-corrected chi connectivity index (χ1v) is 5.39. The van der Waals surface area contributed by atoms with Crippen molar-refractivity contribution in [1.82, 2.24) is 25.0 Å². The van der Waals surface area contributed by atoms with Gasteiger partial charge in [-0.1, -0.05) is 0 Å². The minimum atomic E-state index is -0.206. The standard InChI is InChI=1S/C10H17N5O/c1-10(2,3)12-9(16)14-4-5-15-7-11-13-8(15)6-14/h7H,4-6H2,1-3H3,(H,12,16). The molecule has 1 N–H and O–H groups in total. The summed E-state index contributed by atoms with van der Waals surface area (Å²) in [6.07, 6.45) is 1.70. The molecule has 6 nitrogen and oxygen atoms in total. The fourth-order valence-corrected chi connectivity index (χ4v) is 1.64. The number of nitrogens with zero attached hydrogens (tertiary/aromatic N) is 4. The SMILES string of the molecule is CC(C)(C)NC(=O)N1CCn2cnnc2C1. The Kier molecular flexibility index (Phi) is 2.57. The van der Waals surface area contributed by atoms with Gasteiger partial charge in [0.25, 0.3) is 0 Å². The van der Waals surface area contributed by atoms with Crippen LogP contribution < -0.4 is 5.32 Å². The van der Waals surface area contributed by atoms with Gasteiger partial charge < -0.3 is 14.8 Å². The highest BCUT2D eigenvalue weighted by atomic mass is 16.2. The second-order valence-electron chi connectivity index (χ2n) is 5.04. The van der Waals surface area contributed by atoms with Gasteiger partial charge in [0.2, 0.25) is 0 Å². The fraction of sp³-hybridized carbons (Fsp3) is 0.700. The van der Waals surface area contributed by atoms with Crippen molar-refractivity contribution in [2.24, 2.45) is 0 Å². The van der Waals surface area contributed by atoms with Crippen LogP contribution in [0.1, 0.15) is 26.6 Å². The topological polar surface area (TPSA) is 63.1 Å². The summed E-state index contributed by atoms with van der Waals surface area (Å²) in [6, 6.07) is -0.0400. The van der Waals surface area contributed by atoms with Crippen LogP contribution in [0.2, 0.25) is 0 Å². The Morgan fingerprint density at radius 3 is 2.88 bits per heavy atom. The molecule has 1 aromatic heterocycles. The van der Waals surface area contributed by atoms with Gasteiger partial charge in [-0.15, -0.1) is 10.2 Å². The predicted molar refractivity (Wildman–Crippen MR) is 58.7 cm³/mol. The molecule has 2 heterocycles. The van der Waals surface area contributed by atoms with Crippen LogP contribution in [0.5, 0.6) is 0 Å². The van der Waals surface area contributed by atoms with E-state index >= 15 is 0 Å². The zero-order valence-corrected chi connectivity index (χ0v) is 9.90. The highest BCUT2D eigenvalue weighted by Gasteiger charge is 2.24. The molecule has 0 saturated heterocycles. The second kappa shape index (κ2) is 3.77. The third-order valence-corrected chi connectivity index (χ3v) is 2.41. The van der Waals surface area contributed by atoms with Crippen LogP contribution in [0.15, 0.2) is 6.33 Å². The molecule has 6 heteroatoms. The van der Waals surface area contributed by atoms with Crippen LogP contribution in [0, 0.1) is 0 Å². The Bertz CT molecular complexity index is 392. The Morgan fingerprint density at radius 2 is 2.19 bits per heavy atom. The van der Waals surface area contributed by atoms with Gasteiger partial charge in [0.1, 0.15) is 6.33 Å². The monoisotopic (exact) mass is 223 g/mol. The van der Waals surface area contributed by atoms with E-state index in [1.54, 1.807) is 11.2 Å². The summed E-state index contributed by atoms with van der Waals surface area (Å²) in [5.74, 6) is 0.843. The predicted octanol–water partition coefficient (Wildman–Crippen LogP) is 0.602. The molecule has 0 aromatic carbocycles. The van der Waals surface area contributed by atoms with Gasteiger partial charge in [0.15, 0.2) is 5.82 Å². The first-order chi connectivity index (χ1) is 7.46. The maximum Gasteiger partial charge on any atom is 0.318 e. The highest BCUT2D eigenvalue weighted by Crippen LogP contribution is 2.10. The fourth-order valence-electron chi connectivity index (χ4n) is 1.64. The number of fused-ring (bicyclic) bond motifs is 1. The second-order valence-corrected chi connectivity index (χ2v) is 5.04. The van der Waals surface area contributed by atoms with Gasteiger partial charge in [-0.3, -0.25) is 0 Å². The summed E-state index contributed by atoms with van der Waals surface area (Å²) in [6.45, 7) is 7.90. The average molecular weight is 223 g/mol. The third kappa shape index (κ3) is 2.32. The minimum Gasteiger partial charge on any atom is -0.333 e. The van der Waals surface area contributed by atoms with Crippen LogP contribution in [0.3, 0.4) is 0 Å². The number of amides is 2. The molecular weight excluding hydrogens is 206 g/mol. The van der Waals surface area contributed by atoms with Crippen LogP contribution >= 0.6 is 0 Å². The lowest BCUT2D eigenvalue weighted by Gasteiger charge is -2.30. The van der Waals surface area contributed by atoms with E-state index in [9.17, 15) is 4.79 Å². The molecule has 2 amide bonds. The zero-order chi connectivity index (χ0) is 11.8. The van der Waals surface area contributed by atoms with Crippen molar-refractivity contribution >= 4 is 6.03 Å². The number of hydrogen-bond donors (Lipinski definition) is 1. The minimum absolute atomic E-state index is 0.0400. The maximum absolute atomic E-state index is 11.9. The molecule has 0 atom stereocenters. The number of carbonyl (C=O) groups excluding carboxylic acids is 1. The van der Waals surface area contributed by atoms with Gasteiger partial charge in [0.05, 0.1) is 6.54 Å². The Labute approximate surface area is 94.6 Å². The molecule has 88 valence electrons. The summed E-state index contributed by atoms with van der Waals surface area (Å²) in [5.41, 5.74) is -0.206. The quantitative estimate of drug-likeness (QED) is 0.700. The number of nitrogens with one attached hydrogen (secondary N) is 1. The Hall–Kier alpha value is -1.59. The van der Waals surface area contributed by atoms with Gasteiger partial charge in [-0.2, -0.15) is 0 Å². The first-order valence-electron chi connectivity index (χ1n) is 5.39. The van der Waals surface area contributed by atoms with Crippen molar-refractivity contribution in [3.05, 3.63) is 12.2 Å². The Balaban J connectivity index is 2.01. The summed E-state index contributed by atoms with van der Waals surface area (Å²) >= 11 is 0. The van der Waals surface area contributed by atoms with Gasteiger partial charge >= 0.3 is 6.03 Å². The van der Waals surface area contributed by atoms with E-state index in [4.69, 9.17) is 0 Å². The molecule has 0 unspecified atom stereocenters. The normalized spacial score (nSPS) is 15.8. The smallest absolute Gasteiger partial charge is 0.318 e. The van der Waals surface area contributed by atoms with Crippen molar-refractivity contribution in [1.29, 1.82) is 0 Å². The number of urea groups is 1. The lowest BCUT2D eigenvalue weighted by Crippen LogP contribution is -2.50. The van der Waals surface area contributed by atoms with Gasteiger partial charge in [0, 0.05) is 18.6 Å². The van der Waals surface area contributed by atoms with Gasteiger partial charge in [-0.05, 0) is 20.8 Å². The number of aromatic nitrogens is 3. The van der Waals surface area contributed by atoms with E-state index in [0.717, 1.165) is 12.4 Å². The molecule has 0 radical (unpaired) electrons. The first kappa shape index (κ1) is 10.9. The summed E-state index contributed by atoms with van der Waals surface area (Å²) in [4.78, 5) is 13.7. The van der Waals surface area contributed by atoms with E-state index in [-0.39, 0.29) is 11.6 Å². The van der Waals surface area contributed by atoms with Crippen molar-refractivity contribution < 1.29 is 4.79 Å². The van der Waals surface area contributed by atoms with Crippen LogP contribution in [-0.2, 0) is 13.1 Å². The number of carbonyl (C=O) groups is 1. The van der Waals surface area contributed by atoms with Crippen molar-refractivity contribution in [2.45, 2.75) is 39.4 Å². The summed E-state index contributed by atoms with van der Waals surface area (Å²) in [5, 5.41) is 10.7. The van der Waals surface area contributed by atoms with Crippen molar-refractivity contribution in [3.8, 4) is 0 Å². The number of rotatable bonds is 0. The highest BCUT2D eigenvalue weighted by molar-refractivity contribution is 5.74. The van der Waals surface area contributed by atoms with E-state index in [1.807, 2.05) is 25.3 Å². The third-order valence-electron chi connectivity index (χ3n) is 2.41. The van der Waals surface area contributed by atoms with Crippen LogP contribution in [0.25, 0.3) is 0 Å². The molecule has 0 aliphatic carbocycles. The molecule has 1 aliphatic heterocycles. The summed E-state index contributed by atoms with van der Waals surface area (Å²) < 4.78 is 1.97.